The van der Waals surface area contributed by atoms with Crippen LogP contribution in [0.4, 0.5) is 26.3 Å². The molecule has 1 aliphatic heterocycles. The first-order valence-corrected chi connectivity index (χ1v) is 5.72. The molecule has 0 saturated carbocycles. The summed E-state index contributed by atoms with van der Waals surface area (Å²) >= 11 is 0. The van der Waals surface area contributed by atoms with Crippen molar-refractivity contribution in [2.75, 3.05) is 13.2 Å². The maximum atomic E-state index is 12.1. The third-order valence-corrected chi connectivity index (χ3v) is 3.08. The van der Waals surface area contributed by atoms with Crippen LogP contribution in [0.1, 0.15) is 6.42 Å². The normalized spacial score (nSPS) is 21.8. The van der Waals surface area contributed by atoms with Crippen LogP contribution in [0.2, 0.25) is 0 Å². The molecule has 1 aliphatic rings. The molecule has 4 nitrogen and oxygen atoms in total. The summed E-state index contributed by atoms with van der Waals surface area (Å²) < 4.78 is 95.5. The average molecular weight is 288 g/mol. The Morgan fingerprint density at radius 3 is 1.76 bits per heavy atom. The highest BCUT2D eigenvalue weighted by Gasteiger charge is 2.61. The minimum Gasteiger partial charge on any atom is -0.287 e. The molecule has 0 aromatic heterocycles. The van der Waals surface area contributed by atoms with E-state index in [0.29, 0.717) is 0 Å². The smallest absolute Gasteiger partial charge is 0.287 e. The fraction of sp³-hybridized carbons (Fsp3) is 1.00. The number of phosphoric acid groups is 1. The number of hydrogen-bond donors (Lipinski definition) is 0. The molecule has 0 spiro atoms. The molecule has 11 heteroatoms. The number of alkyl halides is 6. The first-order chi connectivity index (χ1) is 7.55. The van der Waals surface area contributed by atoms with Gasteiger partial charge in [0.05, 0.1) is 13.2 Å². The van der Waals surface area contributed by atoms with Gasteiger partial charge in [0.15, 0.2) is 0 Å². The van der Waals surface area contributed by atoms with Crippen molar-refractivity contribution in [2.45, 2.75) is 24.9 Å². The Labute approximate surface area is 91.4 Å². The van der Waals surface area contributed by atoms with Crippen LogP contribution in [0.15, 0.2) is 0 Å². The average Bonchev–Trinajstić information content (AvgIpc) is 2.12. The summed E-state index contributed by atoms with van der Waals surface area (Å²) in [5.74, 6) is 0. The van der Waals surface area contributed by atoms with Crippen molar-refractivity contribution >= 4 is 7.82 Å². The molecule has 0 aromatic rings. The summed E-state index contributed by atoms with van der Waals surface area (Å²) in [5, 5.41) is 0. The van der Waals surface area contributed by atoms with Crippen LogP contribution in [0.3, 0.4) is 0 Å². The molecule has 102 valence electrons. The van der Waals surface area contributed by atoms with E-state index >= 15 is 0 Å². The zero-order chi connectivity index (χ0) is 13.3. The molecular formula is C6H7F6O4P. The van der Waals surface area contributed by atoms with E-state index < -0.39 is 26.3 Å². The molecule has 0 N–H and O–H groups in total. The van der Waals surface area contributed by atoms with Gasteiger partial charge in [-0.1, -0.05) is 0 Å². The molecule has 0 aromatic carbocycles. The second-order valence-corrected chi connectivity index (χ2v) is 4.66. The first kappa shape index (κ1) is 14.7. The minimum absolute atomic E-state index is 0.204. The molecule has 0 bridgehead atoms. The van der Waals surface area contributed by atoms with E-state index in [1.54, 1.807) is 0 Å². The fourth-order valence-electron chi connectivity index (χ4n) is 0.944. The molecule has 1 rings (SSSR count). The zero-order valence-corrected chi connectivity index (χ0v) is 8.94. The lowest BCUT2D eigenvalue weighted by atomic mass is 10.3. The summed E-state index contributed by atoms with van der Waals surface area (Å²) in [6, 6.07) is 0. The van der Waals surface area contributed by atoms with Gasteiger partial charge in [0.2, 0.25) is 0 Å². The van der Waals surface area contributed by atoms with Crippen LogP contribution in [0.5, 0.6) is 0 Å². The Bertz CT molecular complexity index is 289. The van der Waals surface area contributed by atoms with Gasteiger partial charge in [-0.3, -0.25) is 13.6 Å². The lowest BCUT2D eigenvalue weighted by molar-refractivity contribution is -0.304. The predicted molar refractivity (Wildman–Crippen MR) is 41.1 cm³/mol. The summed E-state index contributed by atoms with van der Waals surface area (Å²) in [6.07, 6.45) is -15.5. The third-order valence-electron chi connectivity index (χ3n) is 1.62. The SMILES string of the molecule is O=P1(OC(C(F)(F)F)C(F)(F)F)OCCCO1. The molecule has 17 heavy (non-hydrogen) atoms. The number of halogens is 6. The van der Waals surface area contributed by atoms with Crippen molar-refractivity contribution in [2.24, 2.45) is 0 Å². The van der Waals surface area contributed by atoms with Crippen molar-refractivity contribution in [3.05, 3.63) is 0 Å². The Hall–Kier alpha value is -0.310. The lowest BCUT2D eigenvalue weighted by Gasteiger charge is -2.28. The highest BCUT2D eigenvalue weighted by molar-refractivity contribution is 7.48. The van der Waals surface area contributed by atoms with E-state index in [9.17, 15) is 30.9 Å². The van der Waals surface area contributed by atoms with Gasteiger partial charge < -0.3 is 0 Å². The van der Waals surface area contributed by atoms with Gasteiger partial charge >= 0.3 is 20.2 Å². The minimum atomic E-state index is -5.75. The van der Waals surface area contributed by atoms with E-state index in [4.69, 9.17) is 0 Å². The molecule has 0 radical (unpaired) electrons. The predicted octanol–water partition coefficient (Wildman–Crippen LogP) is 3.04. The van der Waals surface area contributed by atoms with Crippen molar-refractivity contribution in [3.8, 4) is 0 Å². The van der Waals surface area contributed by atoms with E-state index in [2.05, 4.69) is 13.6 Å². The van der Waals surface area contributed by atoms with Crippen LogP contribution < -0.4 is 0 Å². The van der Waals surface area contributed by atoms with Crippen molar-refractivity contribution in [3.63, 3.8) is 0 Å². The topological polar surface area (TPSA) is 44.8 Å². The number of hydrogen-bond acceptors (Lipinski definition) is 4. The monoisotopic (exact) mass is 288 g/mol. The van der Waals surface area contributed by atoms with Crippen molar-refractivity contribution < 1.29 is 44.5 Å². The van der Waals surface area contributed by atoms with Crippen LogP contribution in [-0.4, -0.2) is 31.7 Å². The quantitative estimate of drug-likeness (QED) is 0.578. The summed E-state index contributed by atoms with van der Waals surface area (Å²) in [4.78, 5) is 0. The Balaban J connectivity index is 2.83. The molecule has 1 saturated heterocycles. The molecule has 0 aliphatic carbocycles. The van der Waals surface area contributed by atoms with Gasteiger partial charge in [0.25, 0.3) is 6.10 Å². The van der Waals surface area contributed by atoms with Crippen LogP contribution in [0.25, 0.3) is 0 Å². The summed E-state index contributed by atoms with van der Waals surface area (Å²) in [6.45, 7) is -0.584. The summed E-state index contributed by atoms with van der Waals surface area (Å²) in [7, 11) is -4.80. The second-order valence-electron chi connectivity index (χ2n) is 3.04. The van der Waals surface area contributed by atoms with Crippen molar-refractivity contribution in [1.82, 2.24) is 0 Å². The third kappa shape index (κ3) is 4.13. The highest BCUT2D eigenvalue weighted by Crippen LogP contribution is 2.56. The van der Waals surface area contributed by atoms with Crippen LogP contribution in [0, 0.1) is 0 Å². The Kier molecular flexibility index (Phi) is 4.12. The maximum absolute atomic E-state index is 12.1. The van der Waals surface area contributed by atoms with Gasteiger partial charge in [-0.25, -0.2) is 4.57 Å². The highest BCUT2D eigenvalue weighted by atomic mass is 31.2. The summed E-state index contributed by atoms with van der Waals surface area (Å²) in [5.41, 5.74) is 0. The maximum Gasteiger partial charge on any atom is 0.475 e. The van der Waals surface area contributed by atoms with Gasteiger partial charge in [0.1, 0.15) is 0 Å². The molecule has 1 fully saturated rings. The fourth-order valence-corrected chi connectivity index (χ4v) is 2.34. The molecule has 1 heterocycles. The van der Waals surface area contributed by atoms with Gasteiger partial charge in [-0.05, 0) is 6.42 Å². The molecular weight excluding hydrogens is 281 g/mol. The van der Waals surface area contributed by atoms with Gasteiger partial charge in [-0.2, -0.15) is 26.3 Å². The zero-order valence-electron chi connectivity index (χ0n) is 8.05. The van der Waals surface area contributed by atoms with Crippen LogP contribution >= 0.6 is 7.82 Å². The van der Waals surface area contributed by atoms with E-state index in [0.717, 1.165) is 0 Å². The second kappa shape index (κ2) is 4.75. The van der Waals surface area contributed by atoms with Gasteiger partial charge in [-0.15, -0.1) is 0 Å². The Morgan fingerprint density at radius 1 is 1.00 bits per heavy atom. The number of rotatable bonds is 2. The van der Waals surface area contributed by atoms with E-state index in [1.807, 2.05) is 0 Å². The molecule has 0 amide bonds. The van der Waals surface area contributed by atoms with Gasteiger partial charge in [0, 0.05) is 0 Å². The van der Waals surface area contributed by atoms with Crippen molar-refractivity contribution in [1.29, 1.82) is 0 Å². The standard InChI is InChI=1S/C6H7F6O4P/c7-5(8,9)4(6(10,11)12)16-17(13)14-2-1-3-15-17/h4H,1-3H2. The van der Waals surface area contributed by atoms with E-state index in [-0.39, 0.29) is 19.6 Å². The number of phosphoric ester groups is 1. The Morgan fingerprint density at radius 2 is 1.41 bits per heavy atom. The first-order valence-electron chi connectivity index (χ1n) is 4.25. The lowest BCUT2D eigenvalue weighted by Crippen LogP contribution is -2.44. The largest absolute Gasteiger partial charge is 0.475 e. The molecule has 0 unspecified atom stereocenters. The van der Waals surface area contributed by atoms with Crippen LogP contribution in [-0.2, 0) is 18.1 Å². The molecule has 0 atom stereocenters. The van der Waals surface area contributed by atoms with E-state index in [1.165, 1.54) is 0 Å².